The van der Waals surface area contributed by atoms with Gasteiger partial charge in [-0.15, -0.1) is 0 Å². The quantitative estimate of drug-likeness (QED) is 0.748. The number of anilines is 2. The third kappa shape index (κ3) is 3.44. The topological polar surface area (TPSA) is 81.8 Å². The molecular formula is C24H26N4O3. The van der Waals surface area contributed by atoms with E-state index in [-0.39, 0.29) is 12.5 Å². The number of hydrogen-bond donors (Lipinski definition) is 2. The fraction of sp³-hybridized carbons (Fsp3) is 0.375. The van der Waals surface area contributed by atoms with Crippen LogP contribution in [0.15, 0.2) is 48.5 Å². The first kappa shape index (κ1) is 19.6. The van der Waals surface area contributed by atoms with Crippen molar-refractivity contribution in [2.45, 2.75) is 37.6 Å². The van der Waals surface area contributed by atoms with Crippen molar-refractivity contribution in [3.63, 3.8) is 0 Å². The minimum absolute atomic E-state index is 0.303. The average molecular weight is 418 g/mol. The number of rotatable bonds is 4. The highest BCUT2D eigenvalue weighted by Gasteiger charge is 2.55. The van der Waals surface area contributed by atoms with Crippen LogP contribution in [0.2, 0.25) is 0 Å². The number of piperidine rings is 1. The van der Waals surface area contributed by atoms with Crippen molar-refractivity contribution in [2.75, 3.05) is 29.9 Å². The lowest BCUT2D eigenvalue weighted by atomic mass is 9.92. The summed E-state index contributed by atoms with van der Waals surface area (Å²) in [6.07, 6.45) is 4.94. The maximum Gasteiger partial charge on any atom is 0.325 e. The first-order valence-corrected chi connectivity index (χ1v) is 10.9. The normalized spacial score (nSPS) is 22.6. The van der Waals surface area contributed by atoms with Gasteiger partial charge in [0.05, 0.1) is 0 Å². The molecule has 160 valence electrons. The smallest absolute Gasteiger partial charge is 0.325 e. The summed E-state index contributed by atoms with van der Waals surface area (Å²) >= 11 is 0. The highest BCUT2D eigenvalue weighted by molar-refractivity contribution is 6.10. The van der Waals surface area contributed by atoms with Crippen molar-refractivity contribution in [3.8, 4) is 0 Å². The van der Waals surface area contributed by atoms with Gasteiger partial charge in [0.1, 0.15) is 12.1 Å². The Kier molecular flexibility index (Phi) is 4.88. The Morgan fingerprint density at radius 1 is 1.00 bits per heavy atom. The number of nitrogens with zero attached hydrogens (tertiary/aromatic N) is 2. The summed E-state index contributed by atoms with van der Waals surface area (Å²) in [5.41, 5.74) is 2.66. The molecule has 2 fully saturated rings. The van der Waals surface area contributed by atoms with Crippen LogP contribution in [0.5, 0.6) is 0 Å². The molecule has 31 heavy (non-hydrogen) atoms. The lowest BCUT2D eigenvalue weighted by Crippen LogP contribution is -2.43. The first-order valence-electron chi connectivity index (χ1n) is 10.9. The van der Waals surface area contributed by atoms with E-state index in [1.807, 2.05) is 48.5 Å². The van der Waals surface area contributed by atoms with Crippen molar-refractivity contribution < 1.29 is 14.4 Å². The third-order valence-electron chi connectivity index (χ3n) is 6.60. The molecule has 0 bridgehead atoms. The zero-order valence-corrected chi connectivity index (χ0v) is 17.4. The van der Waals surface area contributed by atoms with E-state index < -0.39 is 17.5 Å². The molecular weight excluding hydrogens is 392 g/mol. The van der Waals surface area contributed by atoms with Gasteiger partial charge in [0.15, 0.2) is 0 Å². The van der Waals surface area contributed by atoms with E-state index in [0.717, 1.165) is 41.2 Å². The predicted octanol–water partition coefficient (Wildman–Crippen LogP) is 3.01. The van der Waals surface area contributed by atoms with Gasteiger partial charge in [-0.1, -0.05) is 24.3 Å². The average Bonchev–Trinajstić information content (AvgIpc) is 3.28. The number of aryl methyl sites for hydroxylation is 1. The van der Waals surface area contributed by atoms with Gasteiger partial charge in [-0.3, -0.25) is 14.5 Å². The Hall–Kier alpha value is -3.35. The van der Waals surface area contributed by atoms with Crippen LogP contribution < -0.4 is 15.5 Å². The highest BCUT2D eigenvalue weighted by Crippen LogP contribution is 2.41. The maximum absolute atomic E-state index is 13.2. The Morgan fingerprint density at radius 2 is 1.74 bits per heavy atom. The standard InChI is InChI=1S/C24H26N4O3/c29-21(25-18-8-10-19(11-9-18)27-14-4-1-5-15-27)16-28-22(30)24(26-23(28)31)13-12-17-6-2-3-7-20(17)24/h2-3,6-11H,1,4-5,12-16H2,(H,25,29)(H,26,31). The molecule has 7 heteroatoms. The van der Waals surface area contributed by atoms with E-state index in [0.29, 0.717) is 12.1 Å². The zero-order chi connectivity index (χ0) is 21.4. The van der Waals surface area contributed by atoms with Gasteiger partial charge in [0.2, 0.25) is 5.91 Å². The molecule has 2 N–H and O–H groups in total. The van der Waals surface area contributed by atoms with Crippen molar-refractivity contribution in [3.05, 3.63) is 59.7 Å². The second kappa shape index (κ2) is 7.72. The van der Waals surface area contributed by atoms with E-state index in [2.05, 4.69) is 15.5 Å². The van der Waals surface area contributed by atoms with Crippen LogP contribution in [-0.2, 0) is 21.5 Å². The van der Waals surface area contributed by atoms with Gasteiger partial charge >= 0.3 is 6.03 Å². The second-order valence-electron chi connectivity index (χ2n) is 8.53. The molecule has 2 aromatic carbocycles. The fourth-order valence-corrected chi connectivity index (χ4v) is 4.98. The number of carbonyl (C=O) groups is 3. The van der Waals surface area contributed by atoms with E-state index in [9.17, 15) is 14.4 Å². The van der Waals surface area contributed by atoms with Gasteiger partial charge < -0.3 is 15.5 Å². The molecule has 5 rings (SSSR count). The third-order valence-corrected chi connectivity index (χ3v) is 6.60. The SMILES string of the molecule is O=C(CN1C(=O)NC2(CCc3ccccc32)C1=O)Nc1ccc(N2CCCCC2)cc1. The largest absolute Gasteiger partial charge is 0.372 e. The second-order valence-corrected chi connectivity index (χ2v) is 8.53. The summed E-state index contributed by atoms with van der Waals surface area (Å²) in [5.74, 6) is -0.740. The Balaban J connectivity index is 1.25. The Bertz CT molecular complexity index is 1030. The molecule has 7 nitrogen and oxygen atoms in total. The summed E-state index contributed by atoms with van der Waals surface area (Å²) in [6, 6.07) is 14.9. The number of benzene rings is 2. The summed E-state index contributed by atoms with van der Waals surface area (Å²) in [6.45, 7) is 1.81. The van der Waals surface area contributed by atoms with Crippen molar-refractivity contribution in [1.82, 2.24) is 10.2 Å². The summed E-state index contributed by atoms with van der Waals surface area (Å²) in [5, 5.41) is 5.66. The number of urea groups is 1. The van der Waals surface area contributed by atoms with Gasteiger partial charge in [-0.05, 0) is 67.5 Å². The molecule has 0 aromatic heterocycles. The predicted molar refractivity (Wildman–Crippen MR) is 118 cm³/mol. The van der Waals surface area contributed by atoms with Crippen LogP contribution in [0.25, 0.3) is 0 Å². The number of amides is 4. The Morgan fingerprint density at radius 3 is 2.52 bits per heavy atom. The maximum atomic E-state index is 13.2. The minimum atomic E-state index is -1.04. The van der Waals surface area contributed by atoms with Crippen LogP contribution >= 0.6 is 0 Å². The molecule has 1 unspecified atom stereocenters. The van der Waals surface area contributed by atoms with Crippen LogP contribution in [0, 0.1) is 0 Å². The molecule has 0 saturated carbocycles. The van der Waals surface area contributed by atoms with Crippen LogP contribution in [0.3, 0.4) is 0 Å². The van der Waals surface area contributed by atoms with Gasteiger partial charge in [-0.25, -0.2) is 4.79 Å². The molecule has 2 aromatic rings. The van der Waals surface area contributed by atoms with Gasteiger partial charge in [0, 0.05) is 24.5 Å². The molecule has 2 heterocycles. The van der Waals surface area contributed by atoms with E-state index in [1.54, 1.807) is 0 Å². The number of fused-ring (bicyclic) bond motifs is 2. The van der Waals surface area contributed by atoms with Crippen molar-refractivity contribution >= 4 is 29.2 Å². The molecule has 2 saturated heterocycles. The molecule has 0 radical (unpaired) electrons. The van der Waals surface area contributed by atoms with E-state index >= 15 is 0 Å². The molecule has 1 atom stereocenters. The van der Waals surface area contributed by atoms with E-state index in [4.69, 9.17) is 0 Å². The fourth-order valence-electron chi connectivity index (χ4n) is 4.98. The minimum Gasteiger partial charge on any atom is -0.372 e. The lowest BCUT2D eigenvalue weighted by molar-refractivity contribution is -0.134. The molecule has 4 amide bonds. The van der Waals surface area contributed by atoms with Crippen LogP contribution in [0.1, 0.15) is 36.8 Å². The summed E-state index contributed by atoms with van der Waals surface area (Å²) < 4.78 is 0. The van der Waals surface area contributed by atoms with Crippen molar-refractivity contribution in [1.29, 1.82) is 0 Å². The molecule has 3 aliphatic rings. The summed E-state index contributed by atoms with van der Waals surface area (Å²) in [4.78, 5) is 41.7. The van der Waals surface area contributed by atoms with E-state index in [1.165, 1.54) is 19.3 Å². The number of carbonyl (C=O) groups excluding carboxylic acids is 3. The van der Waals surface area contributed by atoms with Gasteiger partial charge in [-0.2, -0.15) is 0 Å². The number of nitrogens with one attached hydrogen (secondary N) is 2. The number of hydrogen-bond acceptors (Lipinski definition) is 4. The Labute approximate surface area is 181 Å². The first-order chi connectivity index (χ1) is 15.1. The van der Waals surface area contributed by atoms with Gasteiger partial charge in [0.25, 0.3) is 5.91 Å². The lowest BCUT2D eigenvalue weighted by Gasteiger charge is -2.28. The molecule has 2 aliphatic heterocycles. The molecule has 1 spiro atoms. The highest BCUT2D eigenvalue weighted by atomic mass is 16.2. The zero-order valence-electron chi connectivity index (χ0n) is 17.4. The van der Waals surface area contributed by atoms with Crippen molar-refractivity contribution in [2.24, 2.45) is 0 Å². The monoisotopic (exact) mass is 418 g/mol. The number of imide groups is 1. The van der Waals surface area contributed by atoms with Crippen LogP contribution in [0.4, 0.5) is 16.2 Å². The van der Waals surface area contributed by atoms with Crippen LogP contribution in [-0.4, -0.2) is 42.4 Å². The molecule has 1 aliphatic carbocycles. The summed E-state index contributed by atoms with van der Waals surface area (Å²) in [7, 11) is 0.